The number of carbonyl (C=O) groups excluding carboxylic acids is 1. The number of hydrogen-bond donors (Lipinski definition) is 1. The fraction of sp³-hybridized carbons (Fsp3) is 0.800. The van der Waals surface area contributed by atoms with Gasteiger partial charge in [0.25, 0.3) is 0 Å². The second-order valence-electron chi connectivity index (χ2n) is 5.31. The number of carbonyl (C=O) groups is 1. The van der Waals surface area contributed by atoms with Crippen LogP contribution < -0.4 is 5.32 Å². The van der Waals surface area contributed by atoms with Crippen molar-refractivity contribution in [3.05, 3.63) is 12.7 Å². The number of unbranched alkanes of at least 4 members (excludes halogenated alkanes) is 1. The van der Waals surface area contributed by atoms with Crippen LogP contribution in [0.1, 0.15) is 46.0 Å². The molecule has 1 aliphatic heterocycles. The van der Waals surface area contributed by atoms with Crippen molar-refractivity contribution in [3.8, 4) is 0 Å². The Balaban J connectivity index is 2.52. The van der Waals surface area contributed by atoms with Crippen LogP contribution >= 0.6 is 0 Å². The van der Waals surface area contributed by atoms with Crippen LogP contribution in [-0.2, 0) is 4.79 Å². The molecule has 3 nitrogen and oxygen atoms in total. The topological polar surface area (TPSA) is 32.3 Å². The molecule has 0 spiro atoms. The van der Waals surface area contributed by atoms with Crippen LogP contribution in [0.4, 0.5) is 0 Å². The monoisotopic (exact) mass is 252 g/mol. The average Bonchev–Trinajstić information content (AvgIpc) is 2.39. The summed E-state index contributed by atoms with van der Waals surface area (Å²) in [6.45, 7) is 11.3. The Bertz CT molecular complexity index is 265. The van der Waals surface area contributed by atoms with E-state index in [0.29, 0.717) is 12.0 Å². The molecule has 3 heteroatoms. The molecule has 0 saturated carbocycles. The van der Waals surface area contributed by atoms with E-state index in [2.05, 4.69) is 30.6 Å². The molecule has 2 atom stereocenters. The second-order valence-corrected chi connectivity index (χ2v) is 5.31. The summed E-state index contributed by atoms with van der Waals surface area (Å²) in [5, 5.41) is 3.11. The van der Waals surface area contributed by atoms with Crippen molar-refractivity contribution in [1.29, 1.82) is 0 Å². The molecule has 1 aliphatic rings. The van der Waals surface area contributed by atoms with E-state index in [4.69, 9.17) is 0 Å². The molecule has 1 amide bonds. The Morgan fingerprint density at radius 1 is 1.44 bits per heavy atom. The third-order valence-corrected chi connectivity index (χ3v) is 3.84. The first kappa shape index (κ1) is 15.2. The highest BCUT2D eigenvalue weighted by Gasteiger charge is 2.28. The minimum absolute atomic E-state index is 0.0292. The Labute approximate surface area is 112 Å². The quantitative estimate of drug-likeness (QED) is 0.706. The smallest absolute Gasteiger partial charge is 0.243 e. The molecule has 0 aromatic rings. The Kier molecular flexibility index (Phi) is 7.02. The van der Waals surface area contributed by atoms with Gasteiger partial charge in [0.2, 0.25) is 5.91 Å². The van der Waals surface area contributed by atoms with E-state index in [9.17, 15) is 4.79 Å². The zero-order valence-corrected chi connectivity index (χ0v) is 12.0. The van der Waals surface area contributed by atoms with Gasteiger partial charge in [0.05, 0.1) is 0 Å². The third-order valence-electron chi connectivity index (χ3n) is 3.84. The lowest BCUT2D eigenvalue weighted by Crippen LogP contribution is -2.52. The predicted molar refractivity (Wildman–Crippen MR) is 76.5 cm³/mol. The molecule has 1 heterocycles. The van der Waals surface area contributed by atoms with Crippen LogP contribution in [0.2, 0.25) is 0 Å². The maximum absolute atomic E-state index is 11.5. The maximum atomic E-state index is 11.5. The van der Waals surface area contributed by atoms with E-state index in [1.165, 1.54) is 44.7 Å². The van der Waals surface area contributed by atoms with Gasteiger partial charge in [-0.25, -0.2) is 0 Å². The van der Waals surface area contributed by atoms with Gasteiger partial charge in [0.15, 0.2) is 0 Å². The summed E-state index contributed by atoms with van der Waals surface area (Å²) >= 11 is 0. The Morgan fingerprint density at radius 2 is 2.22 bits per heavy atom. The van der Waals surface area contributed by atoms with Gasteiger partial charge < -0.3 is 10.2 Å². The first-order chi connectivity index (χ1) is 8.71. The molecule has 1 fully saturated rings. The number of nitrogens with zero attached hydrogens (tertiary/aromatic N) is 1. The van der Waals surface area contributed by atoms with E-state index >= 15 is 0 Å². The van der Waals surface area contributed by atoms with Crippen LogP contribution in [0.25, 0.3) is 0 Å². The summed E-state index contributed by atoms with van der Waals surface area (Å²) in [6, 6.07) is 0.307. The molecule has 0 aliphatic carbocycles. The van der Waals surface area contributed by atoms with Gasteiger partial charge in [-0.3, -0.25) is 4.79 Å². The molecule has 1 rings (SSSR count). The molecule has 0 aromatic carbocycles. The first-order valence-electron chi connectivity index (χ1n) is 7.36. The number of rotatable bonds is 7. The van der Waals surface area contributed by atoms with Crippen molar-refractivity contribution in [2.45, 2.75) is 52.0 Å². The average molecular weight is 252 g/mol. The maximum Gasteiger partial charge on any atom is 0.243 e. The number of hydrogen-bond acceptors (Lipinski definition) is 2. The Morgan fingerprint density at radius 3 is 2.83 bits per heavy atom. The lowest BCUT2D eigenvalue weighted by Gasteiger charge is -2.39. The van der Waals surface area contributed by atoms with E-state index in [1.54, 1.807) is 0 Å². The highest BCUT2D eigenvalue weighted by atomic mass is 16.1. The number of likely N-dealkylation sites (tertiary alicyclic amines) is 1. The number of piperidine rings is 1. The zero-order valence-electron chi connectivity index (χ0n) is 12.0. The van der Waals surface area contributed by atoms with Crippen LogP contribution in [0.5, 0.6) is 0 Å². The molecule has 1 N–H and O–H groups in total. The molecular formula is C15H28N2O. The Hall–Kier alpha value is -0.830. The van der Waals surface area contributed by atoms with Gasteiger partial charge in [0.1, 0.15) is 0 Å². The third kappa shape index (κ3) is 4.81. The molecule has 1 unspecified atom stereocenters. The minimum atomic E-state index is -0.0292. The van der Waals surface area contributed by atoms with Gasteiger partial charge in [-0.15, -0.1) is 0 Å². The van der Waals surface area contributed by atoms with Crippen molar-refractivity contribution >= 4 is 5.91 Å². The second kappa shape index (κ2) is 8.30. The summed E-state index contributed by atoms with van der Waals surface area (Å²) in [7, 11) is 0. The van der Waals surface area contributed by atoms with E-state index < -0.39 is 0 Å². The van der Waals surface area contributed by atoms with Crippen molar-refractivity contribution in [3.63, 3.8) is 0 Å². The highest BCUT2D eigenvalue weighted by molar-refractivity contribution is 5.87. The van der Waals surface area contributed by atoms with E-state index in [1.807, 2.05) is 0 Å². The summed E-state index contributed by atoms with van der Waals surface area (Å²) < 4.78 is 0. The van der Waals surface area contributed by atoms with Gasteiger partial charge in [-0.1, -0.05) is 33.3 Å². The van der Waals surface area contributed by atoms with Gasteiger partial charge >= 0.3 is 0 Å². The minimum Gasteiger partial charge on any atom is -0.348 e. The molecule has 104 valence electrons. The highest BCUT2D eigenvalue weighted by Crippen LogP contribution is 2.22. The predicted octanol–water partition coefficient (Wildman–Crippen LogP) is 2.58. The molecular weight excluding hydrogens is 224 g/mol. The first-order valence-corrected chi connectivity index (χ1v) is 7.36. The summed E-state index contributed by atoms with van der Waals surface area (Å²) in [5.41, 5.74) is 0. The largest absolute Gasteiger partial charge is 0.348 e. The van der Waals surface area contributed by atoms with Gasteiger partial charge in [-0.2, -0.15) is 0 Å². The van der Waals surface area contributed by atoms with Crippen molar-refractivity contribution in [2.75, 3.05) is 19.6 Å². The fourth-order valence-electron chi connectivity index (χ4n) is 2.77. The molecule has 18 heavy (non-hydrogen) atoms. The van der Waals surface area contributed by atoms with Crippen LogP contribution in [0.15, 0.2) is 12.7 Å². The fourth-order valence-corrected chi connectivity index (χ4v) is 2.77. The van der Waals surface area contributed by atoms with Gasteiger partial charge in [0, 0.05) is 12.6 Å². The van der Waals surface area contributed by atoms with Crippen molar-refractivity contribution < 1.29 is 4.79 Å². The summed E-state index contributed by atoms with van der Waals surface area (Å²) in [5.74, 6) is 0.607. The molecule has 0 aromatic heterocycles. The standard InChI is InChI=1S/C15H28N2O/c1-4-7-10-17-11-9-13(8-5-2)14(12-17)16-15(18)6-3/h6,13-14H,3-5,7-12H2,1-2H3,(H,16,18)/t13?,14-/m0/s1. The summed E-state index contributed by atoms with van der Waals surface area (Å²) in [6.07, 6.45) is 7.48. The van der Waals surface area contributed by atoms with Crippen molar-refractivity contribution in [1.82, 2.24) is 10.2 Å². The molecule has 0 radical (unpaired) electrons. The van der Waals surface area contributed by atoms with Crippen LogP contribution in [0, 0.1) is 5.92 Å². The summed E-state index contributed by atoms with van der Waals surface area (Å²) in [4.78, 5) is 14.0. The zero-order chi connectivity index (χ0) is 13.4. The van der Waals surface area contributed by atoms with E-state index in [-0.39, 0.29) is 5.91 Å². The SMILES string of the molecule is C=CC(=O)N[C@H]1CN(CCCC)CCC1CCC. The lowest BCUT2D eigenvalue weighted by atomic mass is 9.87. The van der Waals surface area contributed by atoms with Gasteiger partial charge in [-0.05, 0) is 44.3 Å². The van der Waals surface area contributed by atoms with E-state index in [0.717, 1.165) is 13.1 Å². The lowest BCUT2D eigenvalue weighted by molar-refractivity contribution is -0.118. The van der Waals surface area contributed by atoms with Crippen molar-refractivity contribution in [2.24, 2.45) is 5.92 Å². The molecule has 1 saturated heterocycles. The number of nitrogens with one attached hydrogen (secondary N) is 1. The number of amides is 1. The molecule has 0 bridgehead atoms. The van der Waals surface area contributed by atoms with Crippen LogP contribution in [-0.4, -0.2) is 36.5 Å². The van der Waals surface area contributed by atoms with Crippen LogP contribution in [0.3, 0.4) is 0 Å². The normalized spacial score (nSPS) is 24.8.